The van der Waals surface area contributed by atoms with Gasteiger partial charge in [0.05, 0.1) is 5.52 Å². The van der Waals surface area contributed by atoms with Gasteiger partial charge >= 0.3 is 0 Å². The molecule has 17 heavy (non-hydrogen) atoms. The SMILES string of the molecule is Cc1c(Cl)ccc2c(N(C)C)cc(C#N)nc12. The maximum Gasteiger partial charge on any atom is 0.143 e. The summed E-state index contributed by atoms with van der Waals surface area (Å²) in [4.78, 5) is 6.30. The highest BCUT2D eigenvalue weighted by Crippen LogP contribution is 2.30. The van der Waals surface area contributed by atoms with Crippen LogP contribution >= 0.6 is 11.6 Å². The van der Waals surface area contributed by atoms with Crippen LogP contribution in [-0.2, 0) is 0 Å². The molecule has 0 saturated carbocycles. The van der Waals surface area contributed by atoms with Gasteiger partial charge in [-0.25, -0.2) is 4.98 Å². The molecule has 1 aromatic heterocycles. The summed E-state index contributed by atoms with van der Waals surface area (Å²) < 4.78 is 0. The van der Waals surface area contributed by atoms with Crippen LogP contribution in [0.25, 0.3) is 10.9 Å². The van der Waals surface area contributed by atoms with Crippen molar-refractivity contribution in [2.24, 2.45) is 0 Å². The Balaban J connectivity index is 2.92. The largest absolute Gasteiger partial charge is 0.377 e. The zero-order valence-corrected chi connectivity index (χ0v) is 10.7. The van der Waals surface area contributed by atoms with E-state index in [4.69, 9.17) is 16.9 Å². The van der Waals surface area contributed by atoms with Gasteiger partial charge in [0.25, 0.3) is 0 Å². The van der Waals surface area contributed by atoms with Crippen LogP contribution in [-0.4, -0.2) is 19.1 Å². The first-order chi connectivity index (χ1) is 8.04. The molecule has 0 unspecified atom stereocenters. The Bertz CT molecular complexity index is 627. The van der Waals surface area contributed by atoms with Gasteiger partial charge in [0.2, 0.25) is 0 Å². The predicted octanol–water partition coefficient (Wildman–Crippen LogP) is 3.13. The topological polar surface area (TPSA) is 39.9 Å². The van der Waals surface area contributed by atoms with E-state index in [0.717, 1.165) is 22.2 Å². The van der Waals surface area contributed by atoms with Crippen LogP contribution in [0.4, 0.5) is 5.69 Å². The Morgan fingerprint density at radius 2 is 2.06 bits per heavy atom. The van der Waals surface area contributed by atoms with Crippen LogP contribution in [0.15, 0.2) is 18.2 Å². The number of pyridine rings is 1. The highest BCUT2D eigenvalue weighted by Gasteiger charge is 2.10. The summed E-state index contributed by atoms with van der Waals surface area (Å²) in [5.41, 5.74) is 3.09. The van der Waals surface area contributed by atoms with Gasteiger partial charge < -0.3 is 4.90 Å². The van der Waals surface area contributed by atoms with Gasteiger partial charge in [-0.2, -0.15) is 5.26 Å². The van der Waals surface area contributed by atoms with Crippen molar-refractivity contribution in [3.05, 3.63) is 34.5 Å². The third-order valence-corrected chi connectivity index (χ3v) is 3.15. The van der Waals surface area contributed by atoms with E-state index in [2.05, 4.69) is 11.1 Å². The van der Waals surface area contributed by atoms with E-state index >= 15 is 0 Å². The average molecular weight is 246 g/mol. The number of benzene rings is 1. The third kappa shape index (κ3) is 1.92. The van der Waals surface area contributed by atoms with Crippen molar-refractivity contribution in [2.45, 2.75) is 6.92 Å². The number of aryl methyl sites for hydroxylation is 1. The lowest BCUT2D eigenvalue weighted by molar-refractivity contribution is 1.13. The number of hydrogen-bond donors (Lipinski definition) is 0. The van der Waals surface area contributed by atoms with Crippen molar-refractivity contribution in [2.75, 3.05) is 19.0 Å². The molecule has 3 nitrogen and oxygen atoms in total. The Morgan fingerprint density at radius 1 is 1.35 bits per heavy atom. The molecule has 0 bridgehead atoms. The molecule has 4 heteroatoms. The van der Waals surface area contributed by atoms with Crippen molar-refractivity contribution < 1.29 is 0 Å². The predicted molar refractivity (Wildman–Crippen MR) is 70.5 cm³/mol. The average Bonchev–Trinajstić information content (AvgIpc) is 2.32. The van der Waals surface area contributed by atoms with E-state index < -0.39 is 0 Å². The molecule has 0 aliphatic heterocycles. The molecule has 2 aromatic rings. The fraction of sp³-hybridized carbons (Fsp3) is 0.231. The molecule has 0 fully saturated rings. The lowest BCUT2D eigenvalue weighted by atomic mass is 10.1. The molecule has 0 saturated heterocycles. The van der Waals surface area contributed by atoms with Crippen molar-refractivity contribution in [1.29, 1.82) is 5.26 Å². The fourth-order valence-corrected chi connectivity index (χ4v) is 1.97. The van der Waals surface area contributed by atoms with Crippen LogP contribution in [0.3, 0.4) is 0 Å². The Labute approximate surface area is 105 Å². The molecule has 2 rings (SSSR count). The van der Waals surface area contributed by atoms with Gasteiger partial charge in [-0.1, -0.05) is 11.6 Å². The van der Waals surface area contributed by atoms with Gasteiger partial charge in [0, 0.05) is 30.2 Å². The second-order valence-electron chi connectivity index (χ2n) is 4.10. The first-order valence-corrected chi connectivity index (χ1v) is 5.59. The first kappa shape index (κ1) is 11.7. The second-order valence-corrected chi connectivity index (χ2v) is 4.51. The van der Waals surface area contributed by atoms with Crippen molar-refractivity contribution >= 4 is 28.2 Å². The highest BCUT2D eigenvalue weighted by molar-refractivity contribution is 6.32. The van der Waals surface area contributed by atoms with Gasteiger partial charge in [-0.05, 0) is 30.7 Å². The van der Waals surface area contributed by atoms with Crippen LogP contribution in [0.2, 0.25) is 5.02 Å². The molecular weight excluding hydrogens is 234 g/mol. The number of nitrogens with zero attached hydrogens (tertiary/aromatic N) is 3. The summed E-state index contributed by atoms with van der Waals surface area (Å²) >= 11 is 6.08. The standard InChI is InChI=1S/C13H12ClN3/c1-8-11(14)5-4-10-12(17(2)3)6-9(7-15)16-13(8)10/h4-6H,1-3H3. The van der Waals surface area contributed by atoms with Crippen LogP contribution < -0.4 is 4.90 Å². The maximum absolute atomic E-state index is 9.00. The van der Waals surface area contributed by atoms with Crippen molar-refractivity contribution in [3.63, 3.8) is 0 Å². The molecular formula is C13H12ClN3. The summed E-state index contributed by atoms with van der Waals surface area (Å²) in [7, 11) is 3.89. The number of anilines is 1. The molecule has 0 amide bonds. The molecule has 1 aromatic carbocycles. The highest BCUT2D eigenvalue weighted by atomic mass is 35.5. The molecule has 0 aliphatic carbocycles. The van der Waals surface area contributed by atoms with E-state index in [0.29, 0.717) is 10.7 Å². The Hall–Kier alpha value is -1.79. The zero-order valence-electron chi connectivity index (χ0n) is 9.95. The van der Waals surface area contributed by atoms with E-state index in [9.17, 15) is 0 Å². The van der Waals surface area contributed by atoms with Gasteiger partial charge in [-0.3, -0.25) is 0 Å². The molecule has 0 radical (unpaired) electrons. The van der Waals surface area contributed by atoms with Gasteiger partial charge in [0.1, 0.15) is 11.8 Å². The first-order valence-electron chi connectivity index (χ1n) is 5.22. The minimum absolute atomic E-state index is 0.409. The Kier molecular flexibility index (Phi) is 2.91. The van der Waals surface area contributed by atoms with Gasteiger partial charge in [0.15, 0.2) is 0 Å². The summed E-state index contributed by atoms with van der Waals surface area (Å²) in [5.74, 6) is 0. The monoisotopic (exact) mass is 245 g/mol. The number of hydrogen-bond acceptors (Lipinski definition) is 3. The van der Waals surface area contributed by atoms with Crippen LogP contribution in [0.1, 0.15) is 11.3 Å². The summed E-state index contributed by atoms with van der Waals surface area (Å²) in [6.45, 7) is 1.91. The normalized spacial score (nSPS) is 10.3. The number of nitriles is 1. The van der Waals surface area contributed by atoms with E-state index in [-0.39, 0.29) is 0 Å². The summed E-state index contributed by atoms with van der Waals surface area (Å²) in [6, 6.07) is 7.67. The van der Waals surface area contributed by atoms with E-state index in [1.165, 1.54) is 0 Å². The lowest BCUT2D eigenvalue weighted by Crippen LogP contribution is -2.10. The number of rotatable bonds is 1. The maximum atomic E-state index is 9.00. The van der Waals surface area contributed by atoms with E-state index in [1.807, 2.05) is 38.1 Å². The minimum Gasteiger partial charge on any atom is -0.377 e. The number of aromatic nitrogens is 1. The number of halogens is 1. The molecule has 1 heterocycles. The molecule has 0 spiro atoms. The zero-order chi connectivity index (χ0) is 12.6. The lowest BCUT2D eigenvalue weighted by Gasteiger charge is -2.16. The fourth-order valence-electron chi connectivity index (χ4n) is 1.81. The van der Waals surface area contributed by atoms with Crippen LogP contribution in [0.5, 0.6) is 0 Å². The summed E-state index contributed by atoms with van der Waals surface area (Å²) in [5, 5.41) is 10.7. The molecule has 0 N–H and O–H groups in total. The quantitative estimate of drug-likeness (QED) is 0.775. The Morgan fingerprint density at radius 3 is 2.65 bits per heavy atom. The number of fused-ring (bicyclic) bond motifs is 1. The van der Waals surface area contributed by atoms with Crippen LogP contribution in [0, 0.1) is 18.3 Å². The smallest absolute Gasteiger partial charge is 0.143 e. The van der Waals surface area contributed by atoms with E-state index in [1.54, 1.807) is 6.07 Å². The molecule has 0 aliphatic rings. The molecule has 0 atom stereocenters. The summed E-state index contributed by atoms with van der Waals surface area (Å²) in [6.07, 6.45) is 0. The third-order valence-electron chi connectivity index (χ3n) is 2.74. The second kappa shape index (κ2) is 4.23. The van der Waals surface area contributed by atoms with Crippen molar-refractivity contribution in [1.82, 2.24) is 4.98 Å². The van der Waals surface area contributed by atoms with Crippen molar-refractivity contribution in [3.8, 4) is 6.07 Å². The molecule has 86 valence electrons. The van der Waals surface area contributed by atoms with Gasteiger partial charge in [-0.15, -0.1) is 0 Å². The minimum atomic E-state index is 0.409.